The van der Waals surface area contributed by atoms with Gasteiger partial charge in [0.05, 0.1) is 5.76 Å². The molecule has 0 aliphatic heterocycles. The Bertz CT molecular complexity index is 950. The van der Waals surface area contributed by atoms with Gasteiger partial charge >= 0.3 is 18.9 Å². The van der Waals surface area contributed by atoms with Crippen LogP contribution in [0.15, 0.2) is 84.3 Å². The van der Waals surface area contributed by atoms with Crippen LogP contribution < -0.4 is 24.2 Å². The molecular weight excluding hydrogens is 337 g/mol. The number of rotatable bonds is 8. The van der Waals surface area contributed by atoms with Gasteiger partial charge in [0, 0.05) is 12.0 Å². The standard InChI is InChI=1S/C25H27NO.Li/c1-17(19(3)20(4)26-16-25(6,7)21(5)27)14-18(2)23-13-12-22-10-8-9-11-24(22)15-23;/h2-3,8-15,26-27H,4-5,16H2,1,6-7H3;/q-2;+1/b17-14-;. The van der Waals surface area contributed by atoms with E-state index in [2.05, 4.69) is 42.7 Å². The minimum absolute atomic E-state index is 0. The van der Waals surface area contributed by atoms with Crippen molar-refractivity contribution in [3.63, 3.8) is 0 Å². The molecular formula is C25H27LiNO-. The molecule has 28 heavy (non-hydrogen) atoms. The third-order valence-corrected chi connectivity index (χ3v) is 4.73. The number of aliphatic hydroxyl groups is 1. The Morgan fingerprint density at radius 3 is 2.32 bits per heavy atom. The molecule has 2 N–H and O–H groups in total. The molecule has 0 atom stereocenters. The van der Waals surface area contributed by atoms with E-state index in [1.54, 1.807) is 0 Å². The summed E-state index contributed by atoms with van der Waals surface area (Å²) >= 11 is 0. The summed E-state index contributed by atoms with van der Waals surface area (Å²) in [7, 11) is 0. The van der Waals surface area contributed by atoms with E-state index in [1.165, 1.54) is 5.39 Å². The Morgan fingerprint density at radius 2 is 1.71 bits per heavy atom. The summed E-state index contributed by atoms with van der Waals surface area (Å²) in [5, 5.41) is 15.1. The number of allylic oxidation sites excluding steroid dienone is 3. The maximum atomic E-state index is 9.63. The first-order valence-corrected chi connectivity index (χ1v) is 8.86. The van der Waals surface area contributed by atoms with Crippen LogP contribution in [0.1, 0.15) is 26.3 Å². The summed E-state index contributed by atoms with van der Waals surface area (Å²) in [6.45, 7) is 26.2. The number of fused-ring (bicyclic) bond motifs is 1. The van der Waals surface area contributed by atoms with Crippen LogP contribution >= 0.6 is 0 Å². The predicted octanol–water partition coefficient (Wildman–Crippen LogP) is 3.17. The van der Waals surface area contributed by atoms with Crippen LogP contribution in [0.4, 0.5) is 0 Å². The van der Waals surface area contributed by atoms with Crippen molar-refractivity contribution in [3.05, 3.63) is 103 Å². The summed E-state index contributed by atoms with van der Waals surface area (Å²) in [4.78, 5) is 0. The molecule has 0 heterocycles. The first kappa shape index (κ1) is 23.6. The van der Waals surface area contributed by atoms with E-state index >= 15 is 0 Å². The molecule has 0 saturated carbocycles. The molecule has 2 nitrogen and oxygen atoms in total. The summed E-state index contributed by atoms with van der Waals surface area (Å²) in [5.74, 6) is 0.113. The van der Waals surface area contributed by atoms with Crippen molar-refractivity contribution in [1.29, 1.82) is 0 Å². The largest absolute Gasteiger partial charge is 1.00 e. The third-order valence-electron chi connectivity index (χ3n) is 4.73. The zero-order chi connectivity index (χ0) is 20.2. The first-order chi connectivity index (χ1) is 12.6. The van der Waals surface area contributed by atoms with Gasteiger partial charge in [-0.2, -0.15) is 5.57 Å². The molecule has 2 aromatic carbocycles. The van der Waals surface area contributed by atoms with E-state index in [1.807, 2.05) is 45.0 Å². The van der Waals surface area contributed by atoms with Crippen LogP contribution in [0, 0.1) is 18.6 Å². The number of hydrogen-bond donors (Lipinski definition) is 2. The average Bonchev–Trinajstić information content (AvgIpc) is 2.64. The molecule has 0 bridgehead atoms. The molecule has 0 aliphatic rings. The molecule has 0 fully saturated rings. The monoisotopic (exact) mass is 364 g/mol. The van der Waals surface area contributed by atoms with Crippen molar-refractivity contribution in [1.82, 2.24) is 5.32 Å². The minimum Gasteiger partial charge on any atom is -0.512 e. The number of nitrogens with one attached hydrogen (secondary N) is 1. The molecule has 0 aromatic heterocycles. The quantitative estimate of drug-likeness (QED) is 0.326. The fraction of sp³-hybridized carbons (Fsp3) is 0.200. The summed E-state index contributed by atoms with van der Waals surface area (Å²) < 4.78 is 0. The van der Waals surface area contributed by atoms with Gasteiger partial charge in [-0.05, 0) is 10.8 Å². The van der Waals surface area contributed by atoms with Crippen molar-refractivity contribution in [2.24, 2.45) is 5.41 Å². The molecule has 2 aromatic rings. The second-order valence-electron chi connectivity index (χ2n) is 7.42. The maximum absolute atomic E-state index is 9.63. The fourth-order valence-electron chi connectivity index (χ4n) is 2.53. The van der Waals surface area contributed by atoms with Gasteiger partial charge in [-0.3, -0.25) is 0 Å². The SMILES string of the molecule is [CH-]=C(C(=C)NCC(C)(C)C(=C)O)/C(C)=C\C(=[CH-])c1ccc2ccccc2c1.[Li+]. The molecule has 0 unspecified atom stereocenters. The zero-order valence-corrected chi connectivity index (χ0v) is 17.3. The van der Waals surface area contributed by atoms with Gasteiger partial charge in [0.15, 0.2) is 0 Å². The normalized spacial score (nSPS) is 11.5. The van der Waals surface area contributed by atoms with Crippen molar-refractivity contribution in [2.75, 3.05) is 6.54 Å². The Balaban J connectivity index is 0.00000392. The first-order valence-electron chi connectivity index (χ1n) is 8.86. The summed E-state index contributed by atoms with van der Waals surface area (Å²) in [6, 6.07) is 14.3. The van der Waals surface area contributed by atoms with Crippen LogP contribution in [0.2, 0.25) is 0 Å². The fourth-order valence-corrected chi connectivity index (χ4v) is 2.53. The topological polar surface area (TPSA) is 32.3 Å². The average molecular weight is 364 g/mol. The van der Waals surface area contributed by atoms with E-state index in [9.17, 15) is 5.11 Å². The predicted molar refractivity (Wildman–Crippen MR) is 116 cm³/mol. The summed E-state index contributed by atoms with van der Waals surface area (Å²) in [5.41, 5.74) is 3.04. The Kier molecular flexibility index (Phi) is 8.18. The van der Waals surface area contributed by atoms with Crippen molar-refractivity contribution >= 4 is 16.3 Å². The maximum Gasteiger partial charge on any atom is 1.00 e. The Morgan fingerprint density at radius 1 is 1.11 bits per heavy atom. The van der Waals surface area contributed by atoms with Crippen LogP contribution in [0.25, 0.3) is 16.3 Å². The molecule has 0 radical (unpaired) electrons. The van der Waals surface area contributed by atoms with E-state index in [0.29, 0.717) is 23.4 Å². The van der Waals surface area contributed by atoms with Crippen molar-refractivity contribution in [3.8, 4) is 0 Å². The van der Waals surface area contributed by atoms with Crippen LogP contribution in [0.3, 0.4) is 0 Å². The molecule has 2 rings (SSSR count). The number of aliphatic hydroxyl groups excluding tert-OH is 1. The molecule has 0 aliphatic carbocycles. The van der Waals surface area contributed by atoms with Crippen LogP contribution in [-0.2, 0) is 0 Å². The Hall–Kier alpha value is -2.40. The van der Waals surface area contributed by atoms with E-state index < -0.39 is 5.41 Å². The zero-order valence-electron chi connectivity index (χ0n) is 17.3. The summed E-state index contributed by atoms with van der Waals surface area (Å²) in [6.07, 6.45) is 1.85. The molecule has 140 valence electrons. The smallest absolute Gasteiger partial charge is 0.512 e. The van der Waals surface area contributed by atoms with Crippen LogP contribution in [0.5, 0.6) is 0 Å². The molecule has 3 heteroatoms. The van der Waals surface area contributed by atoms with E-state index in [-0.39, 0.29) is 24.6 Å². The van der Waals surface area contributed by atoms with Gasteiger partial charge in [0.25, 0.3) is 0 Å². The number of benzene rings is 2. The van der Waals surface area contributed by atoms with Crippen molar-refractivity contribution < 1.29 is 24.0 Å². The van der Waals surface area contributed by atoms with Gasteiger partial charge in [0.1, 0.15) is 0 Å². The van der Waals surface area contributed by atoms with Crippen LogP contribution in [-0.4, -0.2) is 11.7 Å². The Labute approximate surface area is 181 Å². The van der Waals surface area contributed by atoms with Gasteiger partial charge in [-0.25, -0.2) is 30.4 Å². The van der Waals surface area contributed by atoms with Gasteiger partial charge in [-0.1, -0.05) is 63.4 Å². The van der Waals surface area contributed by atoms with Gasteiger partial charge < -0.3 is 10.4 Å². The van der Waals surface area contributed by atoms with E-state index in [4.69, 9.17) is 13.2 Å². The third kappa shape index (κ3) is 5.80. The molecule has 0 amide bonds. The van der Waals surface area contributed by atoms with Gasteiger partial charge in [-0.15, -0.1) is 24.3 Å². The second kappa shape index (κ2) is 9.69. The molecule has 0 saturated heterocycles. The minimum atomic E-state index is -0.475. The van der Waals surface area contributed by atoms with E-state index in [0.717, 1.165) is 16.5 Å². The van der Waals surface area contributed by atoms with Gasteiger partial charge in [0.2, 0.25) is 0 Å². The van der Waals surface area contributed by atoms with Crippen molar-refractivity contribution in [2.45, 2.75) is 20.8 Å². The second-order valence-corrected chi connectivity index (χ2v) is 7.42. The molecule has 0 spiro atoms. The number of hydrogen-bond acceptors (Lipinski definition) is 2.